The number of aromatic nitrogens is 1. The van der Waals surface area contributed by atoms with Gasteiger partial charge in [0.05, 0.1) is 0 Å². The topological polar surface area (TPSA) is 12.9 Å². The number of hydrogen-bond donors (Lipinski definition) is 0. The summed E-state index contributed by atoms with van der Waals surface area (Å²) in [5.74, 6) is 0. The Morgan fingerprint density at radius 3 is 2.71 bits per heavy atom. The van der Waals surface area contributed by atoms with Gasteiger partial charge in [-0.3, -0.25) is 4.98 Å². The van der Waals surface area contributed by atoms with Crippen molar-refractivity contribution in [2.75, 3.05) is 0 Å². The summed E-state index contributed by atoms with van der Waals surface area (Å²) < 4.78 is 0. The highest BCUT2D eigenvalue weighted by atomic mass is 14.6. The standard InChI is InChI=1S/C13H17N/c1-13(2,3)12-9-14-8-10-6-4-5-7-11(10)12/h4,6,8-9H,5,7H2,1-3H3. The minimum Gasteiger partial charge on any atom is -0.264 e. The molecule has 0 aliphatic heterocycles. The molecule has 0 spiro atoms. The molecule has 0 saturated carbocycles. The smallest absolute Gasteiger partial charge is 0.0343 e. The van der Waals surface area contributed by atoms with E-state index in [0.29, 0.717) is 0 Å². The van der Waals surface area contributed by atoms with E-state index in [0.717, 1.165) is 0 Å². The predicted molar refractivity (Wildman–Crippen MR) is 60.3 cm³/mol. The molecule has 0 N–H and O–H groups in total. The van der Waals surface area contributed by atoms with Crippen molar-refractivity contribution >= 4 is 6.08 Å². The fourth-order valence-corrected chi connectivity index (χ4v) is 2.01. The monoisotopic (exact) mass is 187 g/mol. The molecular weight excluding hydrogens is 170 g/mol. The SMILES string of the molecule is CC(C)(C)c1cncc2c1CCC=C2. The van der Waals surface area contributed by atoms with Gasteiger partial charge in [0.1, 0.15) is 0 Å². The summed E-state index contributed by atoms with van der Waals surface area (Å²) in [4.78, 5) is 4.31. The number of rotatable bonds is 0. The van der Waals surface area contributed by atoms with Crippen LogP contribution in [0.3, 0.4) is 0 Å². The second kappa shape index (κ2) is 3.23. The molecule has 1 aromatic heterocycles. The van der Waals surface area contributed by atoms with Gasteiger partial charge in [0.15, 0.2) is 0 Å². The Hall–Kier alpha value is -1.11. The lowest BCUT2D eigenvalue weighted by atomic mass is 9.81. The highest BCUT2D eigenvalue weighted by Crippen LogP contribution is 2.30. The van der Waals surface area contributed by atoms with Crippen LogP contribution in [0.1, 0.15) is 43.9 Å². The molecule has 74 valence electrons. The maximum atomic E-state index is 4.31. The molecule has 1 nitrogen and oxygen atoms in total. The van der Waals surface area contributed by atoms with Gasteiger partial charge in [0.25, 0.3) is 0 Å². The molecule has 0 atom stereocenters. The second-order valence-electron chi connectivity index (χ2n) is 4.95. The lowest BCUT2D eigenvalue weighted by Crippen LogP contribution is -2.16. The van der Waals surface area contributed by atoms with Crippen molar-refractivity contribution in [3.63, 3.8) is 0 Å². The first kappa shape index (κ1) is 9.45. The highest BCUT2D eigenvalue weighted by Gasteiger charge is 2.20. The van der Waals surface area contributed by atoms with Crippen LogP contribution in [0.25, 0.3) is 6.08 Å². The summed E-state index contributed by atoms with van der Waals surface area (Å²) >= 11 is 0. The Morgan fingerprint density at radius 2 is 2.00 bits per heavy atom. The van der Waals surface area contributed by atoms with Crippen molar-refractivity contribution in [1.82, 2.24) is 4.98 Å². The number of allylic oxidation sites excluding steroid dienone is 1. The molecule has 0 bridgehead atoms. The van der Waals surface area contributed by atoms with Crippen molar-refractivity contribution in [2.24, 2.45) is 0 Å². The first-order valence-corrected chi connectivity index (χ1v) is 5.23. The van der Waals surface area contributed by atoms with Gasteiger partial charge >= 0.3 is 0 Å². The molecule has 0 amide bonds. The third kappa shape index (κ3) is 1.59. The Morgan fingerprint density at radius 1 is 1.21 bits per heavy atom. The quantitative estimate of drug-likeness (QED) is 0.607. The minimum atomic E-state index is 0.212. The van der Waals surface area contributed by atoms with Crippen LogP contribution in [-0.2, 0) is 11.8 Å². The van der Waals surface area contributed by atoms with Gasteiger partial charge in [-0.05, 0) is 34.9 Å². The van der Waals surface area contributed by atoms with Crippen LogP contribution in [0.4, 0.5) is 0 Å². The lowest BCUT2D eigenvalue weighted by Gasteiger charge is -2.24. The van der Waals surface area contributed by atoms with Crippen molar-refractivity contribution in [3.05, 3.63) is 35.2 Å². The second-order valence-corrected chi connectivity index (χ2v) is 4.95. The van der Waals surface area contributed by atoms with Crippen LogP contribution in [0.5, 0.6) is 0 Å². The first-order chi connectivity index (χ1) is 6.59. The predicted octanol–water partition coefficient (Wildman–Crippen LogP) is 3.34. The van der Waals surface area contributed by atoms with Crippen molar-refractivity contribution in [1.29, 1.82) is 0 Å². The summed E-state index contributed by atoms with van der Waals surface area (Å²) in [6.45, 7) is 6.76. The Kier molecular flexibility index (Phi) is 2.18. The molecular formula is C13H17N. The van der Waals surface area contributed by atoms with E-state index in [4.69, 9.17) is 0 Å². The molecule has 0 radical (unpaired) electrons. The van der Waals surface area contributed by atoms with E-state index in [1.165, 1.54) is 29.5 Å². The van der Waals surface area contributed by atoms with Crippen LogP contribution in [-0.4, -0.2) is 4.98 Å². The van der Waals surface area contributed by atoms with Crippen LogP contribution in [0.15, 0.2) is 18.5 Å². The highest BCUT2D eigenvalue weighted by molar-refractivity contribution is 5.57. The third-order valence-corrected chi connectivity index (χ3v) is 2.76. The van der Waals surface area contributed by atoms with Crippen molar-refractivity contribution < 1.29 is 0 Å². The molecule has 0 aromatic carbocycles. The minimum absolute atomic E-state index is 0.212. The average molecular weight is 187 g/mol. The van der Waals surface area contributed by atoms with E-state index in [-0.39, 0.29) is 5.41 Å². The Labute approximate surface area is 85.9 Å². The van der Waals surface area contributed by atoms with Gasteiger partial charge in [-0.2, -0.15) is 0 Å². The molecule has 2 rings (SSSR count). The van der Waals surface area contributed by atoms with Gasteiger partial charge in [-0.1, -0.05) is 32.9 Å². The van der Waals surface area contributed by atoms with E-state index in [1.54, 1.807) is 0 Å². The van der Waals surface area contributed by atoms with E-state index in [9.17, 15) is 0 Å². The number of fused-ring (bicyclic) bond motifs is 1. The maximum absolute atomic E-state index is 4.31. The molecule has 0 saturated heterocycles. The number of hydrogen-bond acceptors (Lipinski definition) is 1. The molecule has 1 heterocycles. The zero-order chi connectivity index (χ0) is 10.2. The summed E-state index contributed by atoms with van der Waals surface area (Å²) in [6.07, 6.45) is 10.8. The van der Waals surface area contributed by atoms with E-state index < -0.39 is 0 Å². The average Bonchev–Trinajstić information content (AvgIpc) is 2.15. The number of nitrogens with zero attached hydrogens (tertiary/aromatic N) is 1. The fraction of sp³-hybridized carbons (Fsp3) is 0.462. The zero-order valence-electron chi connectivity index (χ0n) is 9.17. The molecule has 0 fully saturated rings. The van der Waals surface area contributed by atoms with Crippen LogP contribution in [0, 0.1) is 0 Å². The van der Waals surface area contributed by atoms with Gasteiger partial charge in [0.2, 0.25) is 0 Å². The summed E-state index contributed by atoms with van der Waals surface area (Å²) in [5.41, 5.74) is 4.42. The largest absolute Gasteiger partial charge is 0.264 e. The fourth-order valence-electron chi connectivity index (χ4n) is 2.01. The molecule has 1 aliphatic rings. The zero-order valence-corrected chi connectivity index (χ0v) is 9.17. The van der Waals surface area contributed by atoms with Crippen molar-refractivity contribution in [3.8, 4) is 0 Å². The number of pyridine rings is 1. The summed E-state index contributed by atoms with van der Waals surface area (Å²) in [5, 5.41) is 0. The van der Waals surface area contributed by atoms with E-state index in [1.807, 2.05) is 12.4 Å². The summed E-state index contributed by atoms with van der Waals surface area (Å²) in [6, 6.07) is 0. The normalized spacial score (nSPS) is 15.4. The van der Waals surface area contributed by atoms with Gasteiger partial charge in [-0.15, -0.1) is 0 Å². The lowest BCUT2D eigenvalue weighted by molar-refractivity contribution is 0.578. The van der Waals surface area contributed by atoms with E-state index >= 15 is 0 Å². The first-order valence-electron chi connectivity index (χ1n) is 5.23. The molecule has 1 aromatic rings. The van der Waals surface area contributed by atoms with Crippen LogP contribution < -0.4 is 0 Å². The van der Waals surface area contributed by atoms with Gasteiger partial charge < -0.3 is 0 Å². The van der Waals surface area contributed by atoms with Gasteiger partial charge in [-0.25, -0.2) is 0 Å². The van der Waals surface area contributed by atoms with E-state index in [2.05, 4.69) is 37.9 Å². The molecule has 1 heteroatoms. The van der Waals surface area contributed by atoms with Crippen LogP contribution in [0.2, 0.25) is 0 Å². The van der Waals surface area contributed by atoms with Crippen LogP contribution >= 0.6 is 0 Å². The Balaban J connectivity index is 2.57. The molecule has 14 heavy (non-hydrogen) atoms. The maximum Gasteiger partial charge on any atom is 0.0343 e. The third-order valence-electron chi connectivity index (χ3n) is 2.76. The molecule has 1 aliphatic carbocycles. The van der Waals surface area contributed by atoms with Gasteiger partial charge in [0, 0.05) is 12.4 Å². The Bertz CT molecular complexity index is 369. The summed E-state index contributed by atoms with van der Waals surface area (Å²) in [7, 11) is 0. The molecule has 0 unspecified atom stereocenters. The van der Waals surface area contributed by atoms with Crippen molar-refractivity contribution in [2.45, 2.75) is 39.0 Å².